The van der Waals surface area contributed by atoms with Gasteiger partial charge in [0.25, 0.3) is 0 Å². The van der Waals surface area contributed by atoms with Gasteiger partial charge in [-0.25, -0.2) is 4.39 Å². The Morgan fingerprint density at radius 2 is 2.11 bits per heavy atom. The number of anilines is 1. The summed E-state index contributed by atoms with van der Waals surface area (Å²) in [5, 5.41) is 2.67. The van der Waals surface area contributed by atoms with E-state index in [0.717, 1.165) is 0 Å². The number of nitrogens with zero attached hydrogens (tertiary/aromatic N) is 1. The fourth-order valence-electron chi connectivity index (χ4n) is 2.09. The molecule has 0 unspecified atom stereocenters. The number of hydrogen-bond donors (Lipinski definition) is 2. The number of carbonyl (C=O) groups excluding carboxylic acids is 2. The molecule has 1 heterocycles. The van der Waals surface area contributed by atoms with Crippen molar-refractivity contribution in [2.24, 2.45) is 11.7 Å². The molecule has 1 aliphatic heterocycles. The third-order valence-corrected chi connectivity index (χ3v) is 3.08. The number of carbonyl (C=O) groups is 2. The van der Waals surface area contributed by atoms with E-state index in [1.54, 1.807) is 0 Å². The van der Waals surface area contributed by atoms with Crippen molar-refractivity contribution in [3.05, 3.63) is 30.1 Å². The molecule has 1 aliphatic rings. The molecular weight excluding hydrogens is 249 g/mol. The fourth-order valence-corrected chi connectivity index (χ4v) is 2.09. The summed E-state index contributed by atoms with van der Waals surface area (Å²) in [6, 6.07) is 5.66. The number of halogens is 1. The molecule has 5 nitrogen and oxygen atoms in total. The zero-order valence-corrected chi connectivity index (χ0v) is 10.4. The molecule has 2 amide bonds. The topological polar surface area (TPSA) is 75.4 Å². The summed E-state index contributed by atoms with van der Waals surface area (Å²) >= 11 is 0. The van der Waals surface area contributed by atoms with Gasteiger partial charge in [-0.1, -0.05) is 0 Å². The second-order valence-corrected chi connectivity index (χ2v) is 4.46. The lowest BCUT2D eigenvalue weighted by atomic mass is 10.1. The molecule has 19 heavy (non-hydrogen) atoms. The molecular formula is C13H16FN3O2. The molecule has 3 N–H and O–H groups in total. The minimum absolute atomic E-state index is 0.125. The minimum Gasteiger partial charge on any atom is -0.355 e. The van der Waals surface area contributed by atoms with E-state index in [-0.39, 0.29) is 30.0 Å². The van der Waals surface area contributed by atoms with Crippen LogP contribution in [0.15, 0.2) is 24.3 Å². The largest absolute Gasteiger partial charge is 0.355 e. The van der Waals surface area contributed by atoms with Crippen molar-refractivity contribution in [1.82, 2.24) is 5.32 Å². The van der Waals surface area contributed by atoms with Crippen molar-refractivity contribution in [3.8, 4) is 0 Å². The highest BCUT2D eigenvalue weighted by molar-refractivity contribution is 6.00. The second-order valence-electron chi connectivity index (χ2n) is 4.46. The molecule has 0 aliphatic carbocycles. The van der Waals surface area contributed by atoms with Gasteiger partial charge in [-0.15, -0.1) is 0 Å². The van der Waals surface area contributed by atoms with Crippen molar-refractivity contribution in [1.29, 1.82) is 0 Å². The van der Waals surface area contributed by atoms with E-state index in [1.165, 1.54) is 29.2 Å². The molecule has 1 saturated heterocycles. The van der Waals surface area contributed by atoms with Gasteiger partial charge in [-0.2, -0.15) is 0 Å². The van der Waals surface area contributed by atoms with Gasteiger partial charge in [0.1, 0.15) is 5.82 Å². The molecule has 1 atom stereocenters. The number of hydrogen-bond acceptors (Lipinski definition) is 3. The third-order valence-electron chi connectivity index (χ3n) is 3.08. The van der Waals surface area contributed by atoms with Crippen LogP contribution in [0.5, 0.6) is 0 Å². The predicted molar refractivity (Wildman–Crippen MR) is 68.9 cm³/mol. The molecule has 0 bridgehead atoms. The van der Waals surface area contributed by atoms with Crippen molar-refractivity contribution in [2.45, 2.75) is 6.42 Å². The monoisotopic (exact) mass is 265 g/mol. The number of nitrogens with one attached hydrogen (secondary N) is 1. The third kappa shape index (κ3) is 3.08. The van der Waals surface area contributed by atoms with Gasteiger partial charge in [0.2, 0.25) is 11.8 Å². The summed E-state index contributed by atoms with van der Waals surface area (Å²) in [5.41, 5.74) is 5.92. The number of nitrogens with two attached hydrogens (primary N) is 1. The van der Waals surface area contributed by atoms with Gasteiger partial charge in [0, 0.05) is 31.7 Å². The highest BCUT2D eigenvalue weighted by atomic mass is 19.1. The molecule has 0 aromatic heterocycles. The fraction of sp³-hybridized carbons (Fsp3) is 0.385. The first-order valence-electron chi connectivity index (χ1n) is 6.15. The Labute approximate surface area is 110 Å². The molecule has 0 radical (unpaired) electrons. The summed E-state index contributed by atoms with van der Waals surface area (Å²) in [6.07, 6.45) is 0.174. The lowest BCUT2D eigenvalue weighted by Gasteiger charge is -2.16. The van der Waals surface area contributed by atoms with Gasteiger partial charge >= 0.3 is 0 Å². The van der Waals surface area contributed by atoms with Gasteiger partial charge in [0.05, 0.1) is 5.92 Å². The zero-order chi connectivity index (χ0) is 13.8. The Balaban J connectivity index is 2.03. The highest BCUT2D eigenvalue weighted by Gasteiger charge is 2.34. The van der Waals surface area contributed by atoms with Crippen LogP contribution in [0.25, 0.3) is 0 Å². The molecule has 2 rings (SSSR count). The SMILES string of the molecule is NCCNC(=O)[C@H]1CC(=O)N(c2ccc(F)cc2)C1. The molecule has 6 heteroatoms. The Morgan fingerprint density at radius 1 is 1.42 bits per heavy atom. The summed E-state index contributed by atoms with van der Waals surface area (Å²) in [4.78, 5) is 25.2. The predicted octanol–water partition coefficient (Wildman–Crippen LogP) is 0.253. The van der Waals surface area contributed by atoms with Crippen molar-refractivity contribution in [3.63, 3.8) is 0 Å². The Morgan fingerprint density at radius 3 is 2.74 bits per heavy atom. The van der Waals surface area contributed by atoms with E-state index in [9.17, 15) is 14.0 Å². The van der Waals surface area contributed by atoms with Crippen LogP contribution in [0.1, 0.15) is 6.42 Å². The number of rotatable bonds is 4. The van der Waals surface area contributed by atoms with Crippen LogP contribution in [-0.4, -0.2) is 31.4 Å². The van der Waals surface area contributed by atoms with Gasteiger partial charge in [-0.05, 0) is 24.3 Å². The van der Waals surface area contributed by atoms with Gasteiger partial charge in [0.15, 0.2) is 0 Å². The Hall–Kier alpha value is -1.95. The average Bonchev–Trinajstić information content (AvgIpc) is 2.79. The van der Waals surface area contributed by atoms with Crippen molar-refractivity contribution >= 4 is 17.5 Å². The van der Waals surface area contributed by atoms with E-state index >= 15 is 0 Å². The summed E-state index contributed by atoms with van der Waals surface area (Å²) in [7, 11) is 0. The van der Waals surface area contributed by atoms with E-state index in [1.807, 2.05) is 0 Å². The summed E-state index contributed by atoms with van der Waals surface area (Å²) in [5.74, 6) is -1.01. The Kier molecular flexibility index (Phi) is 4.11. The number of benzene rings is 1. The standard InChI is InChI=1S/C13H16FN3O2/c14-10-1-3-11(4-2-10)17-8-9(7-12(17)18)13(19)16-6-5-15/h1-4,9H,5-8,15H2,(H,16,19)/t9-/m0/s1. The highest BCUT2D eigenvalue weighted by Crippen LogP contribution is 2.25. The van der Waals surface area contributed by atoms with Gasteiger partial charge in [-0.3, -0.25) is 9.59 Å². The molecule has 1 fully saturated rings. The van der Waals surface area contributed by atoms with Crippen LogP contribution in [0.4, 0.5) is 10.1 Å². The molecule has 1 aromatic carbocycles. The van der Waals surface area contributed by atoms with E-state index < -0.39 is 0 Å². The summed E-state index contributed by atoms with van der Waals surface area (Å²) in [6.45, 7) is 1.09. The van der Waals surface area contributed by atoms with Crippen LogP contribution in [0.3, 0.4) is 0 Å². The Bertz CT molecular complexity index is 475. The molecule has 0 spiro atoms. The minimum atomic E-state index is -0.371. The first-order chi connectivity index (χ1) is 9.11. The lowest BCUT2D eigenvalue weighted by molar-refractivity contribution is -0.126. The molecule has 102 valence electrons. The zero-order valence-electron chi connectivity index (χ0n) is 10.4. The van der Waals surface area contributed by atoms with E-state index in [2.05, 4.69) is 5.32 Å². The van der Waals surface area contributed by atoms with Crippen LogP contribution in [0, 0.1) is 11.7 Å². The normalized spacial score (nSPS) is 18.7. The van der Waals surface area contributed by atoms with Crippen LogP contribution >= 0.6 is 0 Å². The van der Waals surface area contributed by atoms with Crippen LogP contribution in [-0.2, 0) is 9.59 Å². The lowest BCUT2D eigenvalue weighted by Crippen LogP contribution is -2.35. The van der Waals surface area contributed by atoms with Gasteiger partial charge < -0.3 is 16.0 Å². The maximum absolute atomic E-state index is 12.8. The molecule has 0 saturated carbocycles. The van der Waals surface area contributed by atoms with Crippen molar-refractivity contribution < 1.29 is 14.0 Å². The van der Waals surface area contributed by atoms with E-state index in [0.29, 0.717) is 25.3 Å². The first-order valence-corrected chi connectivity index (χ1v) is 6.15. The quantitative estimate of drug-likeness (QED) is 0.819. The second kappa shape index (κ2) is 5.79. The van der Waals surface area contributed by atoms with Crippen LogP contribution in [0.2, 0.25) is 0 Å². The maximum atomic E-state index is 12.8. The average molecular weight is 265 g/mol. The molecule has 1 aromatic rings. The van der Waals surface area contributed by atoms with Crippen LogP contribution < -0.4 is 16.0 Å². The number of amides is 2. The van der Waals surface area contributed by atoms with E-state index in [4.69, 9.17) is 5.73 Å². The summed E-state index contributed by atoms with van der Waals surface area (Å²) < 4.78 is 12.8. The smallest absolute Gasteiger partial charge is 0.227 e. The maximum Gasteiger partial charge on any atom is 0.227 e. The van der Waals surface area contributed by atoms with Crippen molar-refractivity contribution in [2.75, 3.05) is 24.5 Å². The first kappa shape index (κ1) is 13.5.